The lowest BCUT2D eigenvalue weighted by molar-refractivity contribution is -0.120. The smallest absolute Gasteiger partial charge is 0.231 e. The van der Waals surface area contributed by atoms with Gasteiger partial charge in [0.05, 0.1) is 12.8 Å². The average Bonchev–Trinajstić information content (AvgIpc) is 3.26. The van der Waals surface area contributed by atoms with Gasteiger partial charge in [0.25, 0.3) is 0 Å². The number of benzene rings is 2. The summed E-state index contributed by atoms with van der Waals surface area (Å²) in [6.07, 6.45) is 2.12. The van der Waals surface area contributed by atoms with Crippen LogP contribution in [0.15, 0.2) is 71.3 Å². The monoisotopic (exact) mass is 353 g/mol. The molecule has 26 heavy (non-hydrogen) atoms. The summed E-state index contributed by atoms with van der Waals surface area (Å²) < 4.78 is 33.0. The Morgan fingerprint density at radius 2 is 1.92 bits per heavy atom. The van der Waals surface area contributed by atoms with E-state index in [1.54, 1.807) is 42.5 Å². The summed E-state index contributed by atoms with van der Waals surface area (Å²) in [5.74, 6) is -0.718. The Labute approximate surface area is 149 Å². The van der Waals surface area contributed by atoms with Crippen molar-refractivity contribution in [1.29, 1.82) is 0 Å². The van der Waals surface area contributed by atoms with E-state index in [0.717, 1.165) is 0 Å². The van der Waals surface area contributed by atoms with Crippen molar-refractivity contribution in [2.45, 2.75) is 18.9 Å². The Morgan fingerprint density at radius 3 is 2.65 bits per heavy atom. The van der Waals surface area contributed by atoms with Gasteiger partial charge in [0, 0.05) is 11.6 Å². The highest BCUT2D eigenvalue weighted by molar-refractivity contribution is 5.97. The quantitative estimate of drug-likeness (QED) is 0.654. The summed E-state index contributed by atoms with van der Waals surface area (Å²) in [7, 11) is 0. The highest BCUT2D eigenvalue weighted by Gasteiger charge is 2.47. The lowest BCUT2D eigenvalue weighted by Gasteiger charge is -2.22. The van der Waals surface area contributed by atoms with E-state index >= 15 is 0 Å². The Balaban J connectivity index is 1.60. The van der Waals surface area contributed by atoms with Gasteiger partial charge in [-0.2, -0.15) is 0 Å². The summed E-state index contributed by atoms with van der Waals surface area (Å²) in [6.45, 7) is 0.204. The van der Waals surface area contributed by atoms with Crippen LogP contribution in [0.5, 0.6) is 0 Å². The molecule has 1 aromatic heterocycles. The molecule has 5 heteroatoms. The summed E-state index contributed by atoms with van der Waals surface area (Å²) in [5, 5.41) is 0. The summed E-state index contributed by atoms with van der Waals surface area (Å²) in [5.41, 5.74) is 1.02. The number of rotatable bonds is 5. The van der Waals surface area contributed by atoms with E-state index < -0.39 is 5.82 Å². The van der Waals surface area contributed by atoms with Gasteiger partial charge in [-0.3, -0.25) is 4.79 Å². The first-order valence-electron chi connectivity index (χ1n) is 8.47. The van der Waals surface area contributed by atoms with Crippen molar-refractivity contribution in [1.82, 2.24) is 0 Å². The van der Waals surface area contributed by atoms with Crippen LogP contribution in [-0.4, -0.2) is 5.91 Å². The van der Waals surface area contributed by atoms with Crippen molar-refractivity contribution in [2.75, 3.05) is 4.90 Å². The summed E-state index contributed by atoms with van der Waals surface area (Å²) in [6, 6.07) is 15.9. The van der Waals surface area contributed by atoms with E-state index in [1.165, 1.54) is 29.4 Å². The maximum atomic E-state index is 14.0. The second-order valence-corrected chi connectivity index (χ2v) is 6.45. The molecule has 2 aromatic carbocycles. The second-order valence-electron chi connectivity index (χ2n) is 6.45. The van der Waals surface area contributed by atoms with Crippen LogP contribution in [0.1, 0.15) is 23.7 Å². The summed E-state index contributed by atoms with van der Waals surface area (Å²) >= 11 is 0. The zero-order valence-corrected chi connectivity index (χ0v) is 13.9. The number of hydrogen-bond donors (Lipinski definition) is 0. The van der Waals surface area contributed by atoms with Crippen molar-refractivity contribution >= 4 is 11.6 Å². The van der Waals surface area contributed by atoms with Crippen molar-refractivity contribution in [3.8, 4) is 0 Å². The normalized spacial score (nSPS) is 18.5. The molecule has 132 valence electrons. The van der Waals surface area contributed by atoms with Gasteiger partial charge in [-0.25, -0.2) is 8.78 Å². The molecule has 1 aliphatic rings. The number of carbonyl (C=O) groups is 1. The Bertz CT molecular complexity index is 923. The minimum Gasteiger partial charge on any atom is -0.467 e. The molecule has 0 N–H and O–H groups in total. The molecule has 3 aromatic rings. The van der Waals surface area contributed by atoms with Crippen LogP contribution in [0, 0.1) is 17.6 Å². The Hall–Kier alpha value is -2.95. The lowest BCUT2D eigenvalue weighted by atomic mass is 10.1. The standard InChI is InChI=1S/C21H17F2NO2/c22-14-5-3-6-15(11-14)24(13-16-7-4-10-26-16)21(25)19-12-18(19)17-8-1-2-9-20(17)23/h1-11,18-19H,12-13H2. The van der Waals surface area contributed by atoms with Crippen molar-refractivity contribution in [3.05, 3.63) is 89.9 Å². The molecular weight excluding hydrogens is 336 g/mol. The van der Waals surface area contributed by atoms with Crippen LogP contribution in [0.25, 0.3) is 0 Å². The molecule has 1 amide bonds. The van der Waals surface area contributed by atoms with E-state index in [2.05, 4.69) is 0 Å². The maximum absolute atomic E-state index is 14.0. The van der Waals surface area contributed by atoms with E-state index in [0.29, 0.717) is 23.4 Å². The number of hydrogen-bond acceptors (Lipinski definition) is 2. The molecule has 0 spiro atoms. The number of amides is 1. The third-order valence-electron chi connectivity index (χ3n) is 4.69. The van der Waals surface area contributed by atoms with Gasteiger partial charge in [-0.15, -0.1) is 0 Å². The molecule has 0 bridgehead atoms. The van der Waals surface area contributed by atoms with Crippen LogP contribution in [0.3, 0.4) is 0 Å². The second kappa shape index (κ2) is 6.75. The number of nitrogens with zero attached hydrogens (tertiary/aromatic N) is 1. The zero-order valence-electron chi connectivity index (χ0n) is 13.9. The van der Waals surface area contributed by atoms with Crippen LogP contribution in [0.2, 0.25) is 0 Å². The Kier molecular flexibility index (Phi) is 4.29. The summed E-state index contributed by atoms with van der Waals surface area (Å²) in [4.78, 5) is 14.6. The minimum absolute atomic E-state index is 0.142. The first kappa shape index (κ1) is 16.5. The molecule has 2 atom stereocenters. The van der Waals surface area contributed by atoms with E-state index in [9.17, 15) is 13.6 Å². The van der Waals surface area contributed by atoms with Gasteiger partial charge >= 0.3 is 0 Å². The van der Waals surface area contributed by atoms with Crippen molar-refractivity contribution in [3.63, 3.8) is 0 Å². The fourth-order valence-electron chi connectivity index (χ4n) is 3.29. The van der Waals surface area contributed by atoms with Crippen LogP contribution < -0.4 is 4.90 Å². The third kappa shape index (κ3) is 3.25. The average molecular weight is 353 g/mol. The zero-order chi connectivity index (χ0) is 18.1. The number of furan rings is 1. The van der Waals surface area contributed by atoms with E-state index in [4.69, 9.17) is 4.42 Å². The van der Waals surface area contributed by atoms with Gasteiger partial charge in [0.2, 0.25) is 5.91 Å². The van der Waals surface area contributed by atoms with Gasteiger partial charge in [0.1, 0.15) is 17.4 Å². The largest absolute Gasteiger partial charge is 0.467 e. The highest BCUT2D eigenvalue weighted by Crippen LogP contribution is 2.49. The van der Waals surface area contributed by atoms with Crippen molar-refractivity contribution in [2.24, 2.45) is 5.92 Å². The van der Waals surface area contributed by atoms with Gasteiger partial charge in [0.15, 0.2) is 0 Å². The molecule has 3 nitrogen and oxygen atoms in total. The van der Waals surface area contributed by atoms with Gasteiger partial charge in [-0.05, 0) is 54.3 Å². The first-order valence-corrected chi connectivity index (χ1v) is 8.47. The molecule has 0 radical (unpaired) electrons. The first-order chi connectivity index (χ1) is 12.6. The van der Waals surface area contributed by atoms with Crippen LogP contribution >= 0.6 is 0 Å². The van der Waals surface area contributed by atoms with Crippen LogP contribution in [0.4, 0.5) is 14.5 Å². The predicted octanol–water partition coefficient (Wildman–Crippen LogP) is 4.89. The molecule has 0 aliphatic heterocycles. The molecule has 1 saturated carbocycles. The molecule has 1 heterocycles. The maximum Gasteiger partial charge on any atom is 0.231 e. The number of anilines is 1. The highest BCUT2D eigenvalue weighted by atomic mass is 19.1. The third-order valence-corrected chi connectivity index (χ3v) is 4.69. The molecule has 2 unspecified atom stereocenters. The molecule has 0 saturated heterocycles. The van der Waals surface area contributed by atoms with E-state index in [-0.39, 0.29) is 30.1 Å². The van der Waals surface area contributed by atoms with Crippen molar-refractivity contribution < 1.29 is 18.0 Å². The number of halogens is 2. The molecule has 1 fully saturated rings. The minimum atomic E-state index is -0.416. The predicted molar refractivity (Wildman–Crippen MR) is 93.5 cm³/mol. The lowest BCUT2D eigenvalue weighted by Crippen LogP contribution is -2.32. The van der Waals surface area contributed by atoms with Gasteiger partial charge in [-0.1, -0.05) is 24.3 Å². The SMILES string of the molecule is O=C(C1CC1c1ccccc1F)N(Cc1ccco1)c1cccc(F)c1. The fraction of sp³-hybridized carbons (Fsp3) is 0.190. The van der Waals surface area contributed by atoms with Crippen LogP contribution in [-0.2, 0) is 11.3 Å². The number of carbonyl (C=O) groups excluding carboxylic acids is 1. The Morgan fingerprint density at radius 1 is 1.08 bits per heavy atom. The molecule has 4 rings (SSSR count). The van der Waals surface area contributed by atoms with E-state index in [1.807, 2.05) is 0 Å². The fourth-order valence-corrected chi connectivity index (χ4v) is 3.29. The topological polar surface area (TPSA) is 33.5 Å². The van der Waals surface area contributed by atoms with Gasteiger partial charge < -0.3 is 9.32 Å². The molecular formula is C21H17F2NO2. The molecule has 1 aliphatic carbocycles.